The first-order valence-electron chi connectivity index (χ1n) is 7.15. The Morgan fingerprint density at radius 1 is 1.14 bits per heavy atom. The quantitative estimate of drug-likeness (QED) is 0.771. The van der Waals surface area contributed by atoms with Crippen molar-refractivity contribution in [2.24, 2.45) is 5.92 Å². The van der Waals surface area contributed by atoms with E-state index in [-0.39, 0.29) is 0 Å². The fraction of sp³-hybridized carbons (Fsp3) is 0.353. The summed E-state index contributed by atoms with van der Waals surface area (Å²) in [5.74, 6) is 2.09. The van der Waals surface area contributed by atoms with E-state index in [4.69, 9.17) is 4.74 Å². The molecule has 0 radical (unpaired) electrons. The van der Waals surface area contributed by atoms with Crippen molar-refractivity contribution in [3.8, 4) is 11.6 Å². The predicted molar refractivity (Wildman–Crippen MR) is 89.1 cm³/mol. The number of hydrogen-bond acceptors (Lipinski definition) is 4. The topological polar surface area (TPSA) is 34.1 Å². The highest BCUT2D eigenvalue weighted by Crippen LogP contribution is 2.23. The second kappa shape index (κ2) is 8.05. The van der Waals surface area contributed by atoms with Crippen LogP contribution in [0, 0.1) is 5.92 Å². The Kier molecular flexibility index (Phi) is 6.08. The van der Waals surface area contributed by atoms with Crippen LogP contribution in [0.1, 0.15) is 19.4 Å². The summed E-state index contributed by atoms with van der Waals surface area (Å²) in [4.78, 5) is 5.57. The van der Waals surface area contributed by atoms with Crippen LogP contribution in [-0.2, 0) is 6.54 Å². The van der Waals surface area contributed by atoms with Crippen molar-refractivity contribution in [1.82, 2.24) is 10.3 Å². The van der Waals surface area contributed by atoms with Crippen molar-refractivity contribution in [2.45, 2.75) is 25.3 Å². The fourth-order valence-electron chi connectivity index (χ4n) is 1.85. The van der Waals surface area contributed by atoms with E-state index in [2.05, 4.69) is 30.4 Å². The Balaban J connectivity index is 1.89. The molecule has 0 saturated carbocycles. The number of nitrogens with zero attached hydrogens (tertiary/aromatic N) is 1. The molecule has 112 valence electrons. The maximum Gasteiger partial charge on any atom is 0.219 e. The van der Waals surface area contributed by atoms with E-state index >= 15 is 0 Å². The van der Waals surface area contributed by atoms with Crippen LogP contribution in [0.2, 0.25) is 0 Å². The molecule has 0 fully saturated rings. The third-order valence-corrected chi connectivity index (χ3v) is 3.70. The highest BCUT2D eigenvalue weighted by atomic mass is 32.2. The molecule has 1 N–H and O–H groups in total. The second-order valence-corrected chi connectivity index (χ2v) is 6.19. The molecule has 0 aliphatic heterocycles. The van der Waals surface area contributed by atoms with Crippen molar-refractivity contribution in [2.75, 3.05) is 12.8 Å². The van der Waals surface area contributed by atoms with E-state index in [1.165, 1.54) is 10.5 Å². The van der Waals surface area contributed by atoms with Crippen LogP contribution >= 0.6 is 11.8 Å². The lowest BCUT2D eigenvalue weighted by Gasteiger charge is -2.08. The minimum Gasteiger partial charge on any atom is -0.439 e. The Labute approximate surface area is 131 Å². The molecular weight excluding hydrogens is 280 g/mol. The maximum absolute atomic E-state index is 5.73. The van der Waals surface area contributed by atoms with Gasteiger partial charge < -0.3 is 10.1 Å². The number of aromatic nitrogens is 1. The number of thioether (sulfide) groups is 1. The van der Waals surface area contributed by atoms with Crippen LogP contribution in [0.25, 0.3) is 0 Å². The number of benzene rings is 1. The van der Waals surface area contributed by atoms with Crippen molar-refractivity contribution in [3.05, 3.63) is 48.2 Å². The maximum atomic E-state index is 5.73. The number of hydrogen-bond donors (Lipinski definition) is 1. The minimum atomic E-state index is 0.625. The molecule has 0 atom stereocenters. The average molecular weight is 302 g/mol. The summed E-state index contributed by atoms with van der Waals surface area (Å²) >= 11 is 1.72. The van der Waals surface area contributed by atoms with Gasteiger partial charge in [0, 0.05) is 23.7 Å². The van der Waals surface area contributed by atoms with Gasteiger partial charge in [0.2, 0.25) is 5.88 Å². The second-order valence-electron chi connectivity index (χ2n) is 5.31. The molecule has 0 aliphatic rings. The molecule has 1 aromatic carbocycles. The van der Waals surface area contributed by atoms with E-state index in [1.807, 2.05) is 42.6 Å². The lowest BCUT2D eigenvalue weighted by molar-refractivity contribution is 0.461. The number of ether oxygens (including phenoxy) is 1. The van der Waals surface area contributed by atoms with Crippen LogP contribution in [0.3, 0.4) is 0 Å². The molecule has 1 aromatic heterocycles. The van der Waals surface area contributed by atoms with Gasteiger partial charge in [-0.05, 0) is 48.5 Å². The molecule has 4 heteroatoms. The lowest BCUT2D eigenvalue weighted by Crippen LogP contribution is -2.18. The van der Waals surface area contributed by atoms with Crippen LogP contribution in [0.4, 0.5) is 0 Å². The number of rotatable bonds is 7. The highest BCUT2D eigenvalue weighted by Gasteiger charge is 2.00. The van der Waals surface area contributed by atoms with Gasteiger partial charge in [0.1, 0.15) is 5.75 Å². The van der Waals surface area contributed by atoms with Gasteiger partial charge in [0.15, 0.2) is 0 Å². The fourth-order valence-corrected chi connectivity index (χ4v) is 2.25. The van der Waals surface area contributed by atoms with Crippen molar-refractivity contribution >= 4 is 11.8 Å². The largest absolute Gasteiger partial charge is 0.439 e. The first-order valence-corrected chi connectivity index (χ1v) is 8.37. The van der Waals surface area contributed by atoms with Gasteiger partial charge in [-0.25, -0.2) is 4.98 Å². The van der Waals surface area contributed by atoms with Gasteiger partial charge in [0.25, 0.3) is 0 Å². The zero-order valence-corrected chi connectivity index (χ0v) is 13.6. The van der Waals surface area contributed by atoms with Gasteiger partial charge >= 0.3 is 0 Å². The van der Waals surface area contributed by atoms with E-state index < -0.39 is 0 Å². The van der Waals surface area contributed by atoms with Crippen LogP contribution in [0.5, 0.6) is 11.6 Å². The van der Waals surface area contributed by atoms with Gasteiger partial charge in [-0.15, -0.1) is 11.8 Å². The first-order chi connectivity index (χ1) is 10.2. The predicted octanol–water partition coefficient (Wildman–Crippen LogP) is 4.34. The zero-order valence-electron chi connectivity index (χ0n) is 12.8. The monoisotopic (exact) mass is 302 g/mol. The van der Waals surface area contributed by atoms with Crippen molar-refractivity contribution in [1.29, 1.82) is 0 Å². The van der Waals surface area contributed by atoms with E-state index in [0.717, 1.165) is 18.8 Å². The summed E-state index contributed by atoms with van der Waals surface area (Å²) in [5.41, 5.74) is 1.17. The normalized spacial score (nSPS) is 10.9. The number of nitrogens with one attached hydrogen (secondary N) is 1. The van der Waals surface area contributed by atoms with Crippen molar-refractivity contribution < 1.29 is 4.74 Å². The number of pyridine rings is 1. The standard InChI is InChI=1S/C17H22N2OS/c1-13(2)10-18-11-14-4-9-17(19-12-14)20-15-5-7-16(21-3)8-6-15/h4-9,12-13,18H,10-11H2,1-3H3. The molecule has 21 heavy (non-hydrogen) atoms. The van der Waals surface area contributed by atoms with E-state index in [9.17, 15) is 0 Å². The molecule has 1 heterocycles. The molecule has 0 amide bonds. The molecule has 0 saturated heterocycles. The highest BCUT2D eigenvalue weighted by molar-refractivity contribution is 7.98. The molecule has 2 aromatic rings. The van der Waals surface area contributed by atoms with E-state index in [0.29, 0.717) is 11.8 Å². The summed E-state index contributed by atoms with van der Waals surface area (Å²) in [6.45, 7) is 6.25. The van der Waals surface area contributed by atoms with Gasteiger partial charge in [-0.1, -0.05) is 19.9 Å². The van der Waals surface area contributed by atoms with Gasteiger partial charge in [-0.3, -0.25) is 0 Å². The summed E-state index contributed by atoms with van der Waals surface area (Å²) in [7, 11) is 0. The summed E-state index contributed by atoms with van der Waals surface area (Å²) < 4.78 is 5.73. The molecule has 2 rings (SSSR count). The third-order valence-electron chi connectivity index (χ3n) is 2.96. The van der Waals surface area contributed by atoms with Crippen LogP contribution in [0.15, 0.2) is 47.5 Å². The lowest BCUT2D eigenvalue weighted by atomic mass is 10.2. The molecule has 3 nitrogen and oxygen atoms in total. The first kappa shape index (κ1) is 15.9. The van der Waals surface area contributed by atoms with Gasteiger partial charge in [0.05, 0.1) is 0 Å². The Bertz CT molecular complexity index is 538. The molecule has 0 bridgehead atoms. The Hall–Kier alpha value is -1.52. The molecule has 0 unspecified atom stereocenters. The SMILES string of the molecule is CSc1ccc(Oc2ccc(CNCC(C)C)cn2)cc1. The van der Waals surface area contributed by atoms with Gasteiger partial charge in [-0.2, -0.15) is 0 Å². The smallest absolute Gasteiger partial charge is 0.219 e. The molecular formula is C17H22N2OS. The van der Waals surface area contributed by atoms with E-state index in [1.54, 1.807) is 11.8 Å². The Morgan fingerprint density at radius 2 is 1.90 bits per heavy atom. The summed E-state index contributed by atoms with van der Waals surface area (Å²) in [6, 6.07) is 12.0. The zero-order chi connectivity index (χ0) is 15.1. The molecule has 0 spiro atoms. The van der Waals surface area contributed by atoms with Crippen LogP contribution < -0.4 is 10.1 Å². The van der Waals surface area contributed by atoms with Crippen molar-refractivity contribution in [3.63, 3.8) is 0 Å². The summed E-state index contributed by atoms with van der Waals surface area (Å²) in [5, 5.41) is 3.40. The third kappa shape index (κ3) is 5.40. The average Bonchev–Trinajstić information content (AvgIpc) is 2.49. The molecule has 0 aliphatic carbocycles. The minimum absolute atomic E-state index is 0.625. The summed E-state index contributed by atoms with van der Waals surface area (Å²) in [6.07, 6.45) is 3.92. The van der Waals surface area contributed by atoms with Crippen LogP contribution in [-0.4, -0.2) is 17.8 Å². The Morgan fingerprint density at radius 3 is 2.48 bits per heavy atom.